The predicted octanol–water partition coefficient (Wildman–Crippen LogP) is 0.773. The van der Waals surface area contributed by atoms with Crippen LogP contribution in [0.15, 0.2) is 18.2 Å². The van der Waals surface area contributed by atoms with Crippen molar-refractivity contribution in [2.45, 2.75) is 25.0 Å². The van der Waals surface area contributed by atoms with Crippen LogP contribution in [0.25, 0.3) is 0 Å². The third kappa shape index (κ3) is 4.50. The van der Waals surface area contributed by atoms with Crippen molar-refractivity contribution in [2.24, 2.45) is 0 Å². The molecule has 0 radical (unpaired) electrons. The molecule has 1 fully saturated rings. The number of halogens is 2. The first kappa shape index (κ1) is 15.9. The van der Waals surface area contributed by atoms with Crippen molar-refractivity contribution in [3.05, 3.63) is 28.2 Å². The van der Waals surface area contributed by atoms with Gasteiger partial charge < -0.3 is 19.8 Å². The number of para-hydroxylation sites is 1. The van der Waals surface area contributed by atoms with Gasteiger partial charge in [-0.15, -0.1) is 0 Å². The molecule has 4 nitrogen and oxygen atoms in total. The molecule has 6 heteroatoms. The molecule has 2 rings (SSSR count). The monoisotopic (exact) mass is 320 g/mol. The molecule has 1 aliphatic rings. The average Bonchev–Trinajstić information content (AvgIpc) is 2.38. The Morgan fingerprint density at radius 3 is 2.70 bits per heavy atom. The van der Waals surface area contributed by atoms with Crippen molar-refractivity contribution in [2.75, 3.05) is 26.2 Å². The molecular formula is C14H20Cl2NO3+. The molecule has 0 aromatic heterocycles. The maximum Gasteiger partial charge on any atom is 0.156 e. The summed E-state index contributed by atoms with van der Waals surface area (Å²) in [4.78, 5) is 1.20. The number of quaternary nitrogens is 1. The summed E-state index contributed by atoms with van der Waals surface area (Å²) in [5.41, 5.74) is 0. The second kappa shape index (κ2) is 7.48. The highest BCUT2D eigenvalue weighted by Crippen LogP contribution is 2.32. The Labute approximate surface area is 128 Å². The number of hydrogen-bond acceptors (Lipinski definition) is 3. The van der Waals surface area contributed by atoms with E-state index < -0.39 is 6.10 Å². The number of aliphatic hydroxyl groups excluding tert-OH is 2. The predicted molar refractivity (Wildman–Crippen MR) is 78.8 cm³/mol. The van der Waals surface area contributed by atoms with Gasteiger partial charge >= 0.3 is 0 Å². The molecule has 20 heavy (non-hydrogen) atoms. The van der Waals surface area contributed by atoms with Crippen LogP contribution < -0.4 is 9.64 Å². The highest BCUT2D eigenvalue weighted by atomic mass is 35.5. The number of nitrogens with one attached hydrogen (secondary N) is 1. The van der Waals surface area contributed by atoms with Crippen LogP contribution in [0.3, 0.4) is 0 Å². The second-order valence-electron chi connectivity index (χ2n) is 5.22. The molecule has 3 N–H and O–H groups in total. The summed E-state index contributed by atoms with van der Waals surface area (Å²) in [6, 6.07) is 5.13. The van der Waals surface area contributed by atoms with Crippen molar-refractivity contribution in [1.29, 1.82) is 0 Å². The molecule has 0 saturated carbocycles. The summed E-state index contributed by atoms with van der Waals surface area (Å²) in [5, 5.41) is 20.5. The number of aliphatic hydroxyl groups is 2. The van der Waals surface area contributed by atoms with E-state index in [2.05, 4.69) is 0 Å². The molecule has 3 atom stereocenters. The number of hydrogen-bond donors (Lipinski definition) is 3. The van der Waals surface area contributed by atoms with Gasteiger partial charge in [0.25, 0.3) is 0 Å². The number of piperidine rings is 1. The van der Waals surface area contributed by atoms with Gasteiger partial charge in [0.05, 0.1) is 16.6 Å². The largest absolute Gasteiger partial charge is 0.488 e. The molecule has 0 aliphatic carbocycles. The maximum absolute atomic E-state index is 10.0. The van der Waals surface area contributed by atoms with Gasteiger partial charge in [0.2, 0.25) is 0 Å². The fourth-order valence-electron chi connectivity index (χ4n) is 2.50. The molecule has 1 heterocycles. The van der Waals surface area contributed by atoms with Gasteiger partial charge in [-0.05, 0) is 25.0 Å². The molecule has 0 bridgehead atoms. The Bertz CT molecular complexity index is 424. The van der Waals surface area contributed by atoms with Gasteiger partial charge in [0.15, 0.2) is 5.75 Å². The first-order chi connectivity index (χ1) is 9.56. The zero-order chi connectivity index (χ0) is 14.5. The van der Waals surface area contributed by atoms with E-state index >= 15 is 0 Å². The van der Waals surface area contributed by atoms with Crippen LogP contribution in [-0.4, -0.2) is 48.7 Å². The zero-order valence-electron chi connectivity index (χ0n) is 11.2. The van der Waals surface area contributed by atoms with Gasteiger partial charge in [-0.1, -0.05) is 29.3 Å². The summed E-state index contributed by atoms with van der Waals surface area (Å²) < 4.78 is 5.51. The number of benzene rings is 1. The van der Waals surface area contributed by atoms with Gasteiger partial charge in [0.1, 0.15) is 31.9 Å². The lowest BCUT2D eigenvalue weighted by atomic mass is 10.1. The van der Waals surface area contributed by atoms with E-state index in [1.165, 1.54) is 4.90 Å². The zero-order valence-corrected chi connectivity index (χ0v) is 12.7. The highest BCUT2D eigenvalue weighted by Gasteiger charge is 2.23. The van der Waals surface area contributed by atoms with Crippen LogP contribution in [0.1, 0.15) is 12.8 Å². The third-order valence-corrected chi connectivity index (χ3v) is 4.05. The average molecular weight is 321 g/mol. The second-order valence-corrected chi connectivity index (χ2v) is 6.03. The van der Waals surface area contributed by atoms with E-state index in [9.17, 15) is 10.2 Å². The van der Waals surface area contributed by atoms with Gasteiger partial charge in [-0.2, -0.15) is 0 Å². The molecule has 1 saturated heterocycles. The third-order valence-electron chi connectivity index (χ3n) is 3.46. The Morgan fingerprint density at radius 2 is 2.05 bits per heavy atom. The molecule has 1 aromatic rings. The van der Waals surface area contributed by atoms with Crippen molar-refractivity contribution >= 4 is 23.2 Å². The first-order valence-electron chi connectivity index (χ1n) is 6.82. The van der Waals surface area contributed by atoms with E-state index in [0.717, 1.165) is 19.4 Å². The Hall–Kier alpha value is -0.520. The van der Waals surface area contributed by atoms with Crippen molar-refractivity contribution in [1.82, 2.24) is 0 Å². The summed E-state index contributed by atoms with van der Waals surface area (Å²) >= 11 is 12.0. The van der Waals surface area contributed by atoms with E-state index in [1.807, 2.05) is 0 Å². The minimum Gasteiger partial charge on any atom is -0.488 e. The van der Waals surface area contributed by atoms with Crippen molar-refractivity contribution in [3.63, 3.8) is 0 Å². The van der Waals surface area contributed by atoms with Crippen LogP contribution in [0.5, 0.6) is 5.75 Å². The fraction of sp³-hybridized carbons (Fsp3) is 0.571. The molecule has 0 amide bonds. The first-order valence-corrected chi connectivity index (χ1v) is 7.58. The molecule has 1 aromatic carbocycles. The molecule has 1 aliphatic heterocycles. The number of ether oxygens (including phenoxy) is 1. The lowest BCUT2D eigenvalue weighted by Crippen LogP contribution is -3.15. The van der Waals surface area contributed by atoms with E-state index in [4.69, 9.17) is 27.9 Å². The van der Waals surface area contributed by atoms with Gasteiger partial charge in [-0.25, -0.2) is 0 Å². The smallest absolute Gasteiger partial charge is 0.156 e. The Kier molecular flexibility index (Phi) is 5.93. The fourth-order valence-corrected chi connectivity index (χ4v) is 3.01. The Balaban J connectivity index is 1.81. The summed E-state index contributed by atoms with van der Waals surface area (Å²) in [6.45, 7) is 2.35. The van der Waals surface area contributed by atoms with Crippen LogP contribution in [0.4, 0.5) is 0 Å². The molecular weight excluding hydrogens is 301 g/mol. The topological polar surface area (TPSA) is 54.1 Å². The van der Waals surface area contributed by atoms with Crippen LogP contribution in [0.2, 0.25) is 10.0 Å². The summed E-state index contributed by atoms with van der Waals surface area (Å²) in [6.07, 6.45) is 0.971. The van der Waals surface area contributed by atoms with E-state index in [0.29, 0.717) is 28.9 Å². The van der Waals surface area contributed by atoms with Crippen LogP contribution >= 0.6 is 23.2 Å². The lowest BCUT2D eigenvalue weighted by molar-refractivity contribution is -0.911. The molecule has 112 valence electrons. The van der Waals surface area contributed by atoms with Crippen LogP contribution in [-0.2, 0) is 0 Å². The normalized spacial score (nSPS) is 24.4. The van der Waals surface area contributed by atoms with E-state index in [-0.39, 0.29) is 12.7 Å². The van der Waals surface area contributed by atoms with Crippen molar-refractivity contribution < 1.29 is 19.8 Å². The van der Waals surface area contributed by atoms with Gasteiger partial charge in [0, 0.05) is 0 Å². The van der Waals surface area contributed by atoms with Crippen molar-refractivity contribution in [3.8, 4) is 5.75 Å². The minimum absolute atomic E-state index is 0.142. The summed E-state index contributed by atoms with van der Waals surface area (Å²) in [5.74, 6) is 0.406. The standard InChI is InChI=1S/C14H19Cl2NO3/c15-12-4-1-5-13(16)14(12)20-9-11(19)8-17-6-2-3-10(18)7-17/h1,4-5,10-11,18-19H,2-3,6-9H2/p+1/t10-,11-/m0/s1. The molecule has 1 unspecified atom stereocenters. The molecule has 0 spiro atoms. The van der Waals surface area contributed by atoms with E-state index in [1.54, 1.807) is 18.2 Å². The number of rotatable bonds is 5. The minimum atomic E-state index is -0.609. The summed E-state index contributed by atoms with van der Waals surface area (Å²) in [7, 11) is 0. The maximum atomic E-state index is 10.0. The van der Waals surface area contributed by atoms with Gasteiger partial charge in [-0.3, -0.25) is 0 Å². The quantitative estimate of drug-likeness (QED) is 0.751. The van der Waals surface area contributed by atoms with Crippen LogP contribution in [0, 0.1) is 0 Å². The Morgan fingerprint density at radius 1 is 1.35 bits per heavy atom. The lowest BCUT2D eigenvalue weighted by Gasteiger charge is -2.28. The number of likely N-dealkylation sites (tertiary alicyclic amines) is 1. The highest BCUT2D eigenvalue weighted by molar-refractivity contribution is 6.37. The SMILES string of the molecule is O[C@H](COc1c(Cl)cccc1Cl)C[NH+]1CCC[C@H](O)C1.